The Bertz CT molecular complexity index is 283. The van der Waals surface area contributed by atoms with Gasteiger partial charge >= 0.3 is 0 Å². The van der Waals surface area contributed by atoms with E-state index in [0.717, 1.165) is 24.5 Å². The van der Waals surface area contributed by atoms with Gasteiger partial charge in [0.05, 0.1) is 5.69 Å². The smallest absolute Gasteiger partial charge is 0.185 e. The zero-order valence-electron chi connectivity index (χ0n) is 9.21. The highest BCUT2D eigenvalue weighted by Crippen LogP contribution is 2.25. The van der Waals surface area contributed by atoms with E-state index in [1.54, 1.807) is 11.3 Å². The lowest BCUT2D eigenvalue weighted by molar-refractivity contribution is 0.861. The maximum absolute atomic E-state index is 5.69. The van der Waals surface area contributed by atoms with Crippen molar-refractivity contribution in [1.29, 1.82) is 0 Å². The molecule has 0 unspecified atom stereocenters. The van der Waals surface area contributed by atoms with Crippen molar-refractivity contribution >= 4 is 16.5 Å². The van der Waals surface area contributed by atoms with Crippen molar-refractivity contribution in [1.82, 2.24) is 4.98 Å². The number of aryl methyl sites for hydroxylation is 1. The Morgan fingerprint density at radius 2 is 2.14 bits per heavy atom. The molecule has 0 aliphatic heterocycles. The lowest BCUT2D eigenvalue weighted by Crippen LogP contribution is -2.15. The Balaban J connectivity index is 2.88. The van der Waals surface area contributed by atoms with Crippen LogP contribution in [0.1, 0.15) is 30.8 Å². The molecule has 0 aliphatic carbocycles. The van der Waals surface area contributed by atoms with Gasteiger partial charge in [-0.05, 0) is 13.3 Å². The summed E-state index contributed by atoms with van der Waals surface area (Å²) < 4.78 is 0. The zero-order chi connectivity index (χ0) is 10.6. The minimum Gasteiger partial charge on any atom is -0.351 e. The maximum atomic E-state index is 5.69. The van der Waals surface area contributed by atoms with Crippen LogP contribution in [-0.2, 0) is 13.0 Å². The lowest BCUT2D eigenvalue weighted by atomic mass is 10.2. The van der Waals surface area contributed by atoms with Gasteiger partial charge in [0.15, 0.2) is 5.13 Å². The van der Waals surface area contributed by atoms with Crippen LogP contribution in [0.2, 0.25) is 0 Å². The molecule has 0 aromatic carbocycles. The first-order valence-electron chi connectivity index (χ1n) is 5.12. The fraction of sp³-hybridized carbons (Fsp3) is 0.700. The average molecular weight is 213 g/mol. The standard InChI is InChI=1S/C10H19N3S/c1-4-6-8-9(7-11)14-10(12-8)13(3)5-2/h4-7,11H2,1-3H3. The largest absolute Gasteiger partial charge is 0.351 e. The van der Waals surface area contributed by atoms with Crippen LogP contribution in [0.25, 0.3) is 0 Å². The van der Waals surface area contributed by atoms with Crippen LogP contribution < -0.4 is 10.6 Å². The molecule has 0 saturated heterocycles. The second-order valence-corrected chi connectivity index (χ2v) is 4.40. The van der Waals surface area contributed by atoms with Gasteiger partial charge < -0.3 is 10.6 Å². The van der Waals surface area contributed by atoms with E-state index in [9.17, 15) is 0 Å². The molecule has 1 aromatic rings. The van der Waals surface area contributed by atoms with E-state index >= 15 is 0 Å². The van der Waals surface area contributed by atoms with Gasteiger partial charge in [-0.1, -0.05) is 13.3 Å². The van der Waals surface area contributed by atoms with Crippen LogP contribution in [0.15, 0.2) is 0 Å². The number of nitrogens with two attached hydrogens (primary N) is 1. The topological polar surface area (TPSA) is 42.2 Å². The van der Waals surface area contributed by atoms with Gasteiger partial charge in [0.2, 0.25) is 0 Å². The van der Waals surface area contributed by atoms with Crippen LogP contribution in [0.5, 0.6) is 0 Å². The molecule has 14 heavy (non-hydrogen) atoms. The first-order chi connectivity index (χ1) is 6.72. The molecule has 0 radical (unpaired) electrons. The lowest BCUT2D eigenvalue weighted by Gasteiger charge is -2.11. The van der Waals surface area contributed by atoms with E-state index in [0.29, 0.717) is 6.54 Å². The minimum atomic E-state index is 0.616. The van der Waals surface area contributed by atoms with E-state index in [1.807, 2.05) is 0 Å². The molecule has 1 heterocycles. The average Bonchev–Trinajstić information content (AvgIpc) is 2.60. The summed E-state index contributed by atoms with van der Waals surface area (Å²) in [6.45, 7) is 5.90. The minimum absolute atomic E-state index is 0.616. The van der Waals surface area contributed by atoms with Crippen molar-refractivity contribution in [3.63, 3.8) is 0 Å². The van der Waals surface area contributed by atoms with Crippen LogP contribution in [-0.4, -0.2) is 18.6 Å². The summed E-state index contributed by atoms with van der Waals surface area (Å²) in [5.74, 6) is 0. The van der Waals surface area contributed by atoms with Crippen LogP contribution in [0, 0.1) is 0 Å². The second-order valence-electron chi connectivity index (χ2n) is 3.33. The monoisotopic (exact) mass is 213 g/mol. The Labute approximate surface area is 89.9 Å². The predicted octanol–water partition coefficient (Wildman–Crippen LogP) is 2.01. The van der Waals surface area contributed by atoms with Crippen molar-refractivity contribution < 1.29 is 0 Å². The third kappa shape index (κ3) is 2.45. The Morgan fingerprint density at radius 3 is 2.64 bits per heavy atom. The van der Waals surface area contributed by atoms with Crippen molar-refractivity contribution in [2.24, 2.45) is 5.73 Å². The number of anilines is 1. The van der Waals surface area contributed by atoms with Gasteiger partial charge in [-0.15, -0.1) is 11.3 Å². The molecule has 4 heteroatoms. The molecule has 0 saturated carbocycles. The number of thiazole rings is 1. The zero-order valence-corrected chi connectivity index (χ0v) is 10.0. The highest BCUT2D eigenvalue weighted by Gasteiger charge is 2.10. The first-order valence-corrected chi connectivity index (χ1v) is 5.94. The molecular formula is C10H19N3S. The quantitative estimate of drug-likeness (QED) is 0.813. The Kier molecular flexibility index (Phi) is 4.35. The summed E-state index contributed by atoms with van der Waals surface area (Å²) in [5.41, 5.74) is 6.88. The Morgan fingerprint density at radius 1 is 1.43 bits per heavy atom. The summed E-state index contributed by atoms with van der Waals surface area (Å²) in [4.78, 5) is 8.00. The third-order valence-electron chi connectivity index (χ3n) is 2.24. The van der Waals surface area contributed by atoms with Gasteiger partial charge in [-0.2, -0.15) is 0 Å². The molecule has 80 valence electrons. The first kappa shape index (κ1) is 11.5. The van der Waals surface area contributed by atoms with Crippen LogP contribution in [0.4, 0.5) is 5.13 Å². The van der Waals surface area contributed by atoms with Crippen molar-refractivity contribution in [3.8, 4) is 0 Å². The summed E-state index contributed by atoms with van der Waals surface area (Å²) in [5, 5.41) is 1.09. The molecular weight excluding hydrogens is 194 g/mol. The van der Waals surface area contributed by atoms with Gasteiger partial charge in [-0.3, -0.25) is 0 Å². The molecule has 0 bridgehead atoms. The number of hydrogen-bond donors (Lipinski definition) is 1. The van der Waals surface area contributed by atoms with Crippen molar-refractivity contribution in [2.45, 2.75) is 33.2 Å². The molecule has 0 atom stereocenters. The summed E-state index contributed by atoms with van der Waals surface area (Å²) in [7, 11) is 2.06. The molecule has 1 rings (SSSR count). The molecule has 0 aliphatic rings. The van der Waals surface area contributed by atoms with Gasteiger partial charge in [0, 0.05) is 25.0 Å². The Hall–Kier alpha value is -0.610. The third-order valence-corrected chi connectivity index (χ3v) is 3.47. The number of aromatic nitrogens is 1. The fourth-order valence-electron chi connectivity index (χ4n) is 1.26. The molecule has 2 N–H and O–H groups in total. The molecule has 0 fully saturated rings. The maximum Gasteiger partial charge on any atom is 0.185 e. The van der Waals surface area contributed by atoms with Crippen molar-refractivity contribution in [2.75, 3.05) is 18.5 Å². The number of rotatable bonds is 5. The number of hydrogen-bond acceptors (Lipinski definition) is 4. The van der Waals surface area contributed by atoms with E-state index < -0.39 is 0 Å². The summed E-state index contributed by atoms with van der Waals surface area (Å²) >= 11 is 1.72. The number of nitrogens with zero attached hydrogens (tertiary/aromatic N) is 2. The van der Waals surface area contributed by atoms with Gasteiger partial charge in [0.1, 0.15) is 0 Å². The van der Waals surface area contributed by atoms with E-state index in [4.69, 9.17) is 5.73 Å². The van der Waals surface area contributed by atoms with E-state index in [-0.39, 0.29) is 0 Å². The van der Waals surface area contributed by atoms with Gasteiger partial charge in [0.25, 0.3) is 0 Å². The second kappa shape index (κ2) is 5.32. The summed E-state index contributed by atoms with van der Waals surface area (Å²) in [6, 6.07) is 0. The molecule has 1 aromatic heterocycles. The van der Waals surface area contributed by atoms with Gasteiger partial charge in [-0.25, -0.2) is 4.98 Å². The summed E-state index contributed by atoms with van der Waals surface area (Å²) in [6.07, 6.45) is 2.17. The fourth-order valence-corrected chi connectivity index (χ4v) is 2.27. The molecule has 3 nitrogen and oxygen atoms in total. The van der Waals surface area contributed by atoms with E-state index in [1.165, 1.54) is 10.6 Å². The van der Waals surface area contributed by atoms with Crippen LogP contribution >= 0.6 is 11.3 Å². The molecule has 0 spiro atoms. The molecule has 0 amide bonds. The highest BCUT2D eigenvalue weighted by atomic mass is 32.1. The highest BCUT2D eigenvalue weighted by molar-refractivity contribution is 7.15. The SMILES string of the molecule is CCCc1nc(N(C)CC)sc1CN. The van der Waals surface area contributed by atoms with E-state index in [2.05, 4.69) is 30.8 Å². The normalized spacial score (nSPS) is 10.6. The predicted molar refractivity (Wildman–Crippen MR) is 62.9 cm³/mol. The van der Waals surface area contributed by atoms with Crippen LogP contribution in [0.3, 0.4) is 0 Å². The van der Waals surface area contributed by atoms with Crippen molar-refractivity contribution in [3.05, 3.63) is 10.6 Å².